The first-order valence-corrected chi connectivity index (χ1v) is 10.00. The summed E-state index contributed by atoms with van der Waals surface area (Å²) in [4.78, 5) is 26.2. The van der Waals surface area contributed by atoms with Gasteiger partial charge in [-0.3, -0.25) is 9.59 Å². The molecule has 0 bridgehead atoms. The minimum Gasteiger partial charge on any atom is -0.465 e. The topological polar surface area (TPSA) is 46.6 Å². The highest BCUT2D eigenvalue weighted by Crippen LogP contribution is 2.52. The molecule has 1 aliphatic carbocycles. The van der Waals surface area contributed by atoms with Crippen LogP contribution in [0.3, 0.4) is 0 Å². The van der Waals surface area contributed by atoms with Gasteiger partial charge in [-0.25, -0.2) is 0 Å². The number of nitrogens with zero attached hydrogens (tertiary/aromatic N) is 1. The van der Waals surface area contributed by atoms with E-state index in [1.165, 1.54) is 11.1 Å². The number of esters is 1. The summed E-state index contributed by atoms with van der Waals surface area (Å²) in [7, 11) is 0. The molecular weight excluding hydrogens is 326 g/mol. The molecule has 1 spiro atoms. The molecule has 1 aromatic carbocycles. The van der Waals surface area contributed by atoms with Crippen LogP contribution in [0.1, 0.15) is 68.9 Å². The molecule has 0 radical (unpaired) electrons. The van der Waals surface area contributed by atoms with Gasteiger partial charge in [0, 0.05) is 24.4 Å². The van der Waals surface area contributed by atoms with Crippen molar-refractivity contribution in [1.82, 2.24) is 4.90 Å². The fraction of sp³-hybridized carbons (Fsp3) is 0.636. The van der Waals surface area contributed by atoms with Crippen LogP contribution in [0.4, 0.5) is 0 Å². The van der Waals surface area contributed by atoms with Gasteiger partial charge in [-0.05, 0) is 48.6 Å². The summed E-state index contributed by atoms with van der Waals surface area (Å²) >= 11 is 0. The van der Waals surface area contributed by atoms with Gasteiger partial charge in [-0.15, -0.1) is 0 Å². The fourth-order valence-electron chi connectivity index (χ4n) is 4.93. The van der Waals surface area contributed by atoms with Gasteiger partial charge in [-0.1, -0.05) is 38.1 Å². The Kier molecular flexibility index (Phi) is 4.54. The van der Waals surface area contributed by atoms with Gasteiger partial charge in [0.15, 0.2) is 0 Å². The highest BCUT2D eigenvalue weighted by molar-refractivity contribution is 5.81. The van der Waals surface area contributed by atoms with E-state index < -0.39 is 0 Å². The Bertz CT molecular complexity index is 697. The lowest BCUT2D eigenvalue weighted by atomic mass is 9.61. The van der Waals surface area contributed by atoms with Crippen LogP contribution in [-0.2, 0) is 14.3 Å². The summed E-state index contributed by atoms with van der Waals surface area (Å²) in [5.74, 6) is 1.41. The van der Waals surface area contributed by atoms with Gasteiger partial charge in [0.05, 0.1) is 13.0 Å². The smallest absolute Gasteiger partial charge is 0.306 e. The first-order chi connectivity index (χ1) is 12.5. The van der Waals surface area contributed by atoms with E-state index in [-0.39, 0.29) is 17.3 Å². The standard InChI is InChI=1S/C22H29NO3/c1-15(2)17-4-3-5-18(10-17)16-6-8-23(9-7-16)21(25)19-11-22(12-19)13-20(24)26-14-22/h3-5,10,15-16,19H,6-9,11-14H2,1-2H3. The predicted molar refractivity (Wildman–Crippen MR) is 99.8 cm³/mol. The van der Waals surface area contributed by atoms with Gasteiger partial charge >= 0.3 is 5.97 Å². The van der Waals surface area contributed by atoms with Gasteiger partial charge < -0.3 is 9.64 Å². The highest BCUT2D eigenvalue weighted by atomic mass is 16.5. The van der Waals surface area contributed by atoms with Gasteiger partial charge in [0.2, 0.25) is 5.91 Å². The van der Waals surface area contributed by atoms with Crippen molar-refractivity contribution in [3.05, 3.63) is 35.4 Å². The summed E-state index contributed by atoms with van der Waals surface area (Å²) in [6, 6.07) is 8.96. The zero-order valence-electron chi connectivity index (χ0n) is 15.9. The van der Waals surface area contributed by atoms with Crippen molar-refractivity contribution in [2.75, 3.05) is 19.7 Å². The molecule has 1 saturated carbocycles. The molecule has 0 unspecified atom stereocenters. The molecule has 4 nitrogen and oxygen atoms in total. The van der Waals surface area contributed by atoms with Gasteiger partial charge in [-0.2, -0.15) is 0 Å². The number of likely N-dealkylation sites (tertiary alicyclic amines) is 1. The quantitative estimate of drug-likeness (QED) is 0.774. The third-order valence-electron chi connectivity index (χ3n) is 6.62. The number of benzene rings is 1. The highest BCUT2D eigenvalue weighted by Gasteiger charge is 2.53. The predicted octanol–water partition coefficient (Wildman–Crippen LogP) is 3.86. The molecule has 2 saturated heterocycles. The normalized spacial score (nSPS) is 29.1. The Morgan fingerprint density at radius 1 is 1.23 bits per heavy atom. The van der Waals surface area contributed by atoms with E-state index in [4.69, 9.17) is 4.74 Å². The maximum Gasteiger partial charge on any atom is 0.306 e. The van der Waals surface area contributed by atoms with Crippen LogP contribution < -0.4 is 0 Å². The summed E-state index contributed by atoms with van der Waals surface area (Å²) in [6.07, 6.45) is 4.26. The number of rotatable bonds is 3. The second-order valence-corrected chi connectivity index (χ2v) is 8.87. The second kappa shape index (κ2) is 6.71. The Balaban J connectivity index is 1.31. The average Bonchev–Trinajstić information content (AvgIpc) is 3.02. The molecule has 0 aromatic heterocycles. The Hall–Kier alpha value is -1.84. The summed E-state index contributed by atoms with van der Waals surface area (Å²) in [6.45, 7) is 6.69. The molecule has 26 heavy (non-hydrogen) atoms. The Morgan fingerprint density at radius 2 is 1.96 bits per heavy atom. The van der Waals surface area contributed by atoms with E-state index in [1.807, 2.05) is 0 Å². The molecule has 2 heterocycles. The SMILES string of the molecule is CC(C)c1cccc(C2CCN(C(=O)C3CC4(COC(=O)C4)C3)CC2)c1. The molecule has 4 rings (SSSR count). The molecule has 140 valence electrons. The molecule has 3 fully saturated rings. The number of hydrogen-bond acceptors (Lipinski definition) is 3. The zero-order chi connectivity index (χ0) is 18.3. The lowest BCUT2D eigenvalue weighted by molar-refractivity contribution is -0.144. The van der Waals surface area contributed by atoms with E-state index in [0.29, 0.717) is 30.8 Å². The lowest BCUT2D eigenvalue weighted by Gasteiger charge is -2.45. The third kappa shape index (κ3) is 3.26. The molecular formula is C22H29NO3. The average molecular weight is 355 g/mol. The van der Waals surface area contributed by atoms with Crippen LogP contribution in [-0.4, -0.2) is 36.5 Å². The monoisotopic (exact) mass is 355 g/mol. The van der Waals surface area contributed by atoms with Crippen LogP contribution >= 0.6 is 0 Å². The maximum atomic E-state index is 12.8. The number of piperidine rings is 1. The van der Waals surface area contributed by atoms with Crippen molar-refractivity contribution < 1.29 is 14.3 Å². The van der Waals surface area contributed by atoms with Crippen molar-refractivity contribution in [1.29, 1.82) is 0 Å². The van der Waals surface area contributed by atoms with Crippen LogP contribution in [0.25, 0.3) is 0 Å². The zero-order valence-corrected chi connectivity index (χ0v) is 15.9. The fourth-order valence-corrected chi connectivity index (χ4v) is 4.93. The van der Waals surface area contributed by atoms with Crippen LogP contribution in [0.15, 0.2) is 24.3 Å². The number of hydrogen-bond donors (Lipinski definition) is 0. The summed E-state index contributed by atoms with van der Waals surface area (Å²) in [5, 5.41) is 0. The molecule has 4 heteroatoms. The molecule has 1 aromatic rings. The van der Waals surface area contributed by atoms with E-state index in [0.717, 1.165) is 38.8 Å². The molecule has 0 atom stereocenters. The van der Waals surface area contributed by atoms with E-state index in [9.17, 15) is 9.59 Å². The summed E-state index contributed by atoms with van der Waals surface area (Å²) < 4.78 is 5.11. The Morgan fingerprint density at radius 3 is 2.58 bits per heavy atom. The lowest BCUT2D eigenvalue weighted by Crippen LogP contribution is -2.49. The number of carbonyl (C=O) groups is 2. The number of cyclic esters (lactones) is 1. The maximum absolute atomic E-state index is 12.8. The van der Waals surface area contributed by atoms with E-state index >= 15 is 0 Å². The first-order valence-electron chi connectivity index (χ1n) is 10.00. The first kappa shape index (κ1) is 17.6. The molecule has 0 N–H and O–H groups in total. The van der Waals surface area contributed by atoms with E-state index in [1.54, 1.807) is 0 Å². The van der Waals surface area contributed by atoms with Crippen molar-refractivity contribution in [2.24, 2.45) is 11.3 Å². The third-order valence-corrected chi connectivity index (χ3v) is 6.62. The molecule has 1 amide bonds. The van der Waals surface area contributed by atoms with Gasteiger partial charge in [0.25, 0.3) is 0 Å². The van der Waals surface area contributed by atoms with Crippen molar-refractivity contribution >= 4 is 11.9 Å². The Labute approximate surface area is 155 Å². The van der Waals surface area contributed by atoms with E-state index in [2.05, 4.69) is 43.0 Å². The van der Waals surface area contributed by atoms with Gasteiger partial charge in [0.1, 0.15) is 0 Å². The minimum absolute atomic E-state index is 0.0208. The van der Waals surface area contributed by atoms with Crippen molar-refractivity contribution in [3.8, 4) is 0 Å². The molecule has 2 aliphatic heterocycles. The van der Waals surface area contributed by atoms with Crippen molar-refractivity contribution in [3.63, 3.8) is 0 Å². The number of carbonyl (C=O) groups excluding carboxylic acids is 2. The minimum atomic E-state index is -0.0969. The van der Waals surface area contributed by atoms with Crippen LogP contribution in [0, 0.1) is 11.3 Å². The van der Waals surface area contributed by atoms with Crippen LogP contribution in [0.2, 0.25) is 0 Å². The van der Waals surface area contributed by atoms with Crippen LogP contribution in [0.5, 0.6) is 0 Å². The largest absolute Gasteiger partial charge is 0.465 e. The summed E-state index contributed by atoms with van der Waals surface area (Å²) in [5.41, 5.74) is 2.80. The second-order valence-electron chi connectivity index (χ2n) is 8.87. The number of amides is 1. The molecule has 3 aliphatic rings. The van der Waals surface area contributed by atoms with Crippen molar-refractivity contribution in [2.45, 2.75) is 57.8 Å². The number of ether oxygens (including phenoxy) is 1.